The molecule has 1 aliphatic rings. The van der Waals surface area contributed by atoms with E-state index < -0.39 is 0 Å². The number of hydrogen-bond acceptors (Lipinski definition) is 3. The van der Waals surface area contributed by atoms with Gasteiger partial charge in [-0.3, -0.25) is 9.59 Å². The van der Waals surface area contributed by atoms with Gasteiger partial charge in [0, 0.05) is 5.56 Å². The van der Waals surface area contributed by atoms with Crippen molar-refractivity contribution in [3.8, 4) is 5.75 Å². The predicted molar refractivity (Wildman–Crippen MR) is 53.9 cm³/mol. The fraction of sp³-hybridized carbons (Fsp3) is 0.0909. The number of fused-ring (bicyclic) bond motifs is 1. The lowest BCUT2D eigenvalue weighted by Crippen LogP contribution is -2.32. The second kappa shape index (κ2) is 3.57. The molecule has 1 aromatic carbocycles. The molecule has 0 spiro atoms. The summed E-state index contributed by atoms with van der Waals surface area (Å²) >= 11 is 0. The number of nitrogens with one attached hydrogen (secondary N) is 1. The molecule has 0 bridgehead atoms. The summed E-state index contributed by atoms with van der Waals surface area (Å²) in [6.07, 6.45) is 1.23. The molecule has 0 saturated heterocycles. The Bertz CT molecular complexity index is 451. The first-order valence-electron chi connectivity index (χ1n) is 4.44. The minimum absolute atomic E-state index is 0.136. The van der Waals surface area contributed by atoms with Gasteiger partial charge in [-0.05, 0) is 24.3 Å². The summed E-state index contributed by atoms with van der Waals surface area (Å²) in [4.78, 5) is 22.6. The van der Waals surface area contributed by atoms with Crippen molar-refractivity contribution < 1.29 is 14.3 Å². The molecule has 4 nitrogen and oxygen atoms in total. The van der Waals surface area contributed by atoms with Gasteiger partial charge in [0.2, 0.25) is 0 Å². The van der Waals surface area contributed by atoms with E-state index in [0.29, 0.717) is 16.9 Å². The first-order chi connectivity index (χ1) is 7.22. The molecule has 0 saturated carbocycles. The Hall–Kier alpha value is -2.10. The third-order valence-corrected chi connectivity index (χ3v) is 2.16. The summed E-state index contributed by atoms with van der Waals surface area (Å²) < 4.78 is 5.21. The van der Waals surface area contributed by atoms with E-state index in [4.69, 9.17) is 4.74 Å². The van der Waals surface area contributed by atoms with Gasteiger partial charge in [-0.15, -0.1) is 0 Å². The lowest BCUT2D eigenvalue weighted by molar-refractivity contribution is 0.0881. The first kappa shape index (κ1) is 9.45. The van der Waals surface area contributed by atoms with Crippen LogP contribution in [0.25, 0.3) is 0 Å². The molecule has 1 aliphatic heterocycles. The van der Waals surface area contributed by atoms with E-state index in [1.807, 2.05) is 0 Å². The molecule has 0 aromatic heterocycles. The lowest BCUT2D eigenvalue weighted by atomic mass is 10.1. The van der Waals surface area contributed by atoms with Crippen LogP contribution in [-0.2, 0) is 0 Å². The van der Waals surface area contributed by atoms with Crippen molar-refractivity contribution in [3.63, 3.8) is 0 Å². The first-order valence-corrected chi connectivity index (χ1v) is 4.44. The molecule has 1 amide bonds. The molecular weight excluding hydrogens is 194 g/mol. The van der Waals surface area contributed by atoms with Crippen LogP contribution in [0, 0.1) is 0 Å². The molecule has 2 rings (SSSR count). The van der Waals surface area contributed by atoms with E-state index in [-0.39, 0.29) is 18.4 Å². The number of benzene rings is 1. The van der Waals surface area contributed by atoms with Gasteiger partial charge in [0.05, 0.1) is 5.56 Å². The van der Waals surface area contributed by atoms with Gasteiger partial charge in [-0.1, -0.05) is 6.58 Å². The smallest absolute Gasteiger partial charge is 0.257 e. The van der Waals surface area contributed by atoms with Crippen LogP contribution in [-0.4, -0.2) is 18.4 Å². The number of amides is 1. The fourth-order valence-corrected chi connectivity index (χ4v) is 1.38. The van der Waals surface area contributed by atoms with Crippen LogP contribution < -0.4 is 10.1 Å². The molecule has 0 radical (unpaired) electrons. The van der Waals surface area contributed by atoms with Crippen LogP contribution in [0.3, 0.4) is 0 Å². The maximum atomic E-state index is 11.3. The van der Waals surface area contributed by atoms with Crippen molar-refractivity contribution in [2.24, 2.45) is 0 Å². The van der Waals surface area contributed by atoms with Crippen LogP contribution >= 0.6 is 0 Å². The number of ketones is 1. The third kappa shape index (κ3) is 1.61. The Kier molecular flexibility index (Phi) is 2.25. The van der Waals surface area contributed by atoms with Crippen LogP contribution in [0.15, 0.2) is 30.9 Å². The standard InChI is InChI=1S/C11H9NO3/c1-2-9(13)7-3-4-8-10(5-7)15-6-12-11(8)14/h2-5H,1,6H2,(H,12,14). The highest BCUT2D eigenvalue weighted by Gasteiger charge is 2.18. The Balaban J connectivity index is 2.46. The minimum Gasteiger partial charge on any atom is -0.472 e. The Morgan fingerprint density at radius 3 is 3.07 bits per heavy atom. The molecule has 0 atom stereocenters. The van der Waals surface area contributed by atoms with Crippen molar-refractivity contribution in [3.05, 3.63) is 42.0 Å². The quantitative estimate of drug-likeness (QED) is 0.579. The SMILES string of the molecule is C=CC(=O)c1ccc2c(c1)OCNC2=O. The second-order valence-corrected chi connectivity index (χ2v) is 3.07. The van der Waals surface area contributed by atoms with Gasteiger partial charge >= 0.3 is 0 Å². The summed E-state index contributed by atoms with van der Waals surface area (Å²) in [7, 11) is 0. The molecule has 1 heterocycles. The predicted octanol–water partition coefficient (Wildman–Crippen LogP) is 1.13. The summed E-state index contributed by atoms with van der Waals surface area (Å²) in [5.74, 6) is 0.0627. The highest BCUT2D eigenvalue weighted by molar-refractivity contribution is 6.06. The highest BCUT2D eigenvalue weighted by atomic mass is 16.5. The number of allylic oxidation sites excluding steroid dienone is 1. The maximum Gasteiger partial charge on any atom is 0.257 e. The van der Waals surface area contributed by atoms with Crippen molar-refractivity contribution in [2.45, 2.75) is 0 Å². The average molecular weight is 203 g/mol. The van der Waals surface area contributed by atoms with Crippen LogP contribution in [0.1, 0.15) is 20.7 Å². The summed E-state index contributed by atoms with van der Waals surface area (Å²) in [6.45, 7) is 3.53. The number of rotatable bonds is 2. The molecule has 76 valence electrons. The Morgan fingerprint density at radius 2 is 2.33 bits per heavy atom. The zero-order valence-corrected chi connectivity index (χ0v) is 7.95. The zero-order chi connectivity index (χ0) is 10.8. The number of carbonyl (C=O) groups excluding carboxylic acids is 2. The molecule has 0 fully saturated rings. The van der Waals surface area contributed by atoms with E-state index in [1.54, 1.807) is 18.2 Å². The fourth-order valence-electron chi connectivity index (χ4n) is 1.38. The summed E-state index contributed by atoms with van der Waals surface area (Å²) in [5.41, 5.74) is 0.917. The van der Waals surface area contributed by atoms with E-state index in [9.17, 15) is 9.59 Å². The van der Waals surface area contributed by atoms with E-state index in [0.717, 1.165) is 0 Å². The monoisotopic (exact) mass is 203 g/mol. The number of carbonyl (C=O) groups is 2. The molecule has 4 heteroatoms. The Morgan fingerprint density at radius 1 is 1.53 bits per heavy atom. The molecule has 1 N–H and O–H groups in total. The summed E-state index contributed by atoms with van der Waals surface area (Å²) in [5, 5.41) is 2.53. The van der Waals surface area contributed by atoms with Gasteiger partial charge in [0.25, 0.3) is 5.91 Å². The molecule has 0 unspecified atom stereocenters. The van der Waals surface area contributed by atoms with Gasteiger partial charge in [0.1, 0.15) is 5.75 Å². The molecular formula is C11H9NO3. The van der Waals surface area contributed by atoms with Crippen molar-refractivity contribution >= 4 is 11.7 Å². The normalized spacial score (nSPS) is 13.5. The number of hydrogen-bond donors (Lipinski definition) is 1. The van der Waals surface area contributed by atoms with E-state index in [2.05, 4.69) is 11.9 Å². The molecule has 1 aromatic rings. The van der Waals surface area contributed by atoms with Gasteiger partial charge in [-0.2, -0.15) is 0 Å². The van der Waals surface area contributed by atoms with E-state index >= 15 is 0 Å². The topological polar surface area (TPSA) is 55.4 Å². The van der Waals surface area contributed by atoms with Gasteiger partial charge in [-0.25, -0.2) is 0 Å². The third-order valence-electron chi connectivity index (χ3n) is 2.16. The van der Waals surface area contributed by atoms with Crippen molar-refractivity contribution in [1.82, 2.24) is 5.32 Å². The number of ether oxygens (including phenoxy) is 1. The van der Waals surface area contributed by atoms with Crippen molar-refractivity contribution in [1.29, 1.82) is 0 Å². The van der Waals surface area contributed by atoms with Gasteiger partial charge < -0.3 is 10.1 Å². The van der Waals surface area contributed by atoms with Gasteiger partial charge in [0.15, 0.2) is 12.5 Å². The Labute approximate surface area is 86.5 Å². The molecule has 15 heavy (non-hydrogen) atoms. The van der Waals surface area contributed by atoms with Crippen LogP contribution in [0.5, 0.6) is 5.75 Å². The lowest BCUT2D eigenvalue weighted by Gasteiger charge is -2.17. The van der Waals surface area contributed by atoms with Crippen LogP contribution in [0.4, 0.5) is 0 Å². The average Bonchev–Trinajstić information content (AvgIpc) is 2.28. The minimum atomic E-state index is -0.188. The van der Waals surface area contributed by atoms with Crippen molar-refractivity contribution in [2.75, 3.05) is 6.73 Å². The largest absolute Gasteiger partial charge is 0.472 e. The van der Waals surface area contributed by atoms with E-state index in [1.165, 1.54) is 6.08 Å². The zero-order valence-electron chi connectivity index (χ0n) is 7.95. The summed E-state index contributed by atoms with van der Waals surface area (Å²) in [6, 6.07) is 4.70. The molecule has 0 aliphatic carbocycles. The second-order valence-electron chi connectivity index (χ2n) is 3.07. The maximum absolute atomic E-state index is 11.3. The van der Waals surface area contributed by atoms with Crippen LogP contribution in [0.2, 0.25) is 0 Å². The highest BCUT2D eigenvalue weighted by Crippen LogP contribution is 2.23.